The predicted octanol–water partition coefficient (Wildman–Crippen LogP) is 3.69. The summed E-state index contributed by atoms with van der Waals surface area (Å²) in [6.45, 7) is 7.25. The van der Waals surface area contributed by atoms with E-state index in [9.17, 15) is 4.79 Å². The Morgan fingerprint density at radius 3 is 2.48 bits per heavy atom. The van der Waals surface area contributed by atoms with Crippen LogP contribution >= 0.6 is 0 Å². The first-order chi connectivity index (χ1) is 15.0. The third-order valence-electron chi connectivity index (χ3n) is 5.02. The fourth-order valence-electron chi connectivity index (χ4n) is 3.26. The standard InChI is InChI=1S/C25H32N4O2/c1-25(2,19-31-23-12-7-4-8-13-23)28-15-9-17-29-20-26-18-22(29)14-16-27-24(30)21-10-5-3-6-11-21/h3-8,10-13,18,20,28H,9,14-17,19H2,1-2H3,(H,27,30). The van der Waals surface area contributed by atoms with Crippen LogP contribution in [-0.2, 0) is 13.0 Å². The monoisotopic (exact) mass is 420 g/mol. The first-order valence-electron chi connectivity index (χ1n) is 10.8. The number of nitrogens with one attached hydrogen (secondary N) is 2. The summed E-state index contributed by atoms with van der Waals surface area (Å²) in [6.07, 6.45) is 5.47. The van der Waals surface area contributed by atoms with Crippen molar-refractivity contribution in [3.05, 3.63) is 84.4 Å². The summed E-state index contributed by atoms with van der Waals surface area (Å²) >= 11 is 0. The van der Waals surface area contributed by atoms with Gasteiger partial charge in [0.2, 0.25) is 0 Å². The smallest absolute Gasteiger partial charge is 0.251 e. The Balaban J connectivity index is 1.36. The predicted molar refractivity (Wildman–Crippen MR) is 123 cm³/mol. The Kier molecular flexibility index (Phi) is 8.24. The Labute approximate surface area is 184 Å². The van der Waals surface area contributed by atoms with E-state index in [4.69, 9.17) is 4.74 Å². The minimum absolute atomic E-state index is 0.0455. The molecule has 6 heteroatoms. The van der Waals surface area contributed by atoms with E-state index in [1.807, 2.05) is 73.2 Å². The normalized spacial score (nSPS) is 11.3. The van der Waals surface area contributed by atoms with Crippen molar-refractivity contribution in [2.75, 3.05) is 19.7 Å². The molecule has 0 aliphatic heterocycles. The van der Waals surface area contributed by atoms with E-state index in [0.717, 1.165) is 37.4 Å². The van der Waals surface area contributed by atoms with Crippen molar-refractivity contribution in [2.45, 2.75) is 38.8 Å². The number of rotatable bonds is 12. The maximum atomic E-state index is 12.2. The van der Waals surface area contributed by atoms with Crippen LogP contribution in [0.3, 0.4) is 0 Å². The molecule has 1 heterocycles. The lowest BCUT2D eigenvalue weighted by atomic mass is 10.1. The number of aryl methyl sites for hydroxylation is 1. The van der Waals surface area contributed by atoms with Crippen LogP contribution in [0, 0.1) is 0 Å². The highest BCUT2D eigenvalue weighted by atomic mass is 16.5. The van der Waals surface area contributed by atoms with E-state index in [1.54, 1.807) is 0 Å². The third kappa shape index (κ3) is 7.57. The summed E-state index contributed by atoms with van der Waals surface area (Å²) in [7, 11) is 0. The molecule has 0 saturated heterocycles. The Morgan fingerprint density at radius 2 is 1.74 bits per heavy atom. The molecule has 2 aromatic carbocycles. The molecule has 31 heavy (non-hydrogen) atoms. The van der Waals surface area contributed by atoms with Crippen LogP contribution in [0.2, 0.25) is 0 Å². The molecule has 164 valence electrons. The number of para-hydroxylation sites is 1. The number of hydrogen-bond donors (Lipinski definition) is 2. The molecular weight excluding hydrogens is 388 g/mol. The highest BCUT2D eigenvalue weighted by molar-refractivity contribution is 5.94. The molecule has 0 radical (unpaired) electrons. The summed E-state index contributed by atoms with van der Waals surface area (Å²) < 4.78 is 8.03. The average molecular weight is 421 g/mol. The number of ether oxygens (including phenoxy) is 1. The Bertz CT molecular complexity index is 923. The average Bonchev–Trinajstić information content (AvgIpc) is 3.24. The van der Waals surface area contributed by atoms with Gasteiger partial charge in [0.15, 0.2) is 0 Å². The first kappa shape index (κ1) is 22.6. The lowest BCUT2D eigenvalue weighted by molar-refractivity contribution is 0.0954. The topological polar surface area (TPSA) is 68.2 Å². The van der Waals surface area contributed by atoms with Gasteiger partial charge < -0.3 is 19.9 Å². The molecule has 0 saturated carbocycles. The molecule has 0 fully saturated rings. The molecule has 2 N–H and O–H groups in total. The van der Waals surface area contributed by atoms with Crippen LogP contribution in [0.25, 0.3) is 0 Å². The van der Waals surface area contributed by atoms with Gasteiger partial charge in [0.1, 0.15) is 12.4 Å². The van der Waals surface area contributed by atoms with E-state index in [-0.39, 0.29) is 11.4 Å². The number of carbonyl (C=O) groups is 1. The van der Waals surface area contributed by atoms with E-state index in [1.165, 1.54) is 0 Å². The number of hydrogen-bond acceptors (Lipinski definition) is 4. The van der Waals surface area contributed by atoms with Crippen LogP contribution in [0.15, 0.2) is 73.2 Å². The van der Waals surface area contributed by atoms with Crippen molar-refractivity contribution in [1.82, 2.24) is 20.2 Å². The minimum atomic E-state index is -0.116. The summed E-state index contributed by atoms with van der Waals surface area (Å²) in [5, 5.41) is 6.54. The second kappa shape index (κ2) is 11.3. The van der Waals surface area contributed by atoms with Gasteiger partial charge in [-0.25, -0.2) is 4.98 Å². The minimum Gasteiger partial charge on any atom is -0.492 e. The fourth-order valence-corrected chi connectivity index (χ4v) is 3.26. The summed E-state index contributed by atoms with van der Waals surface area (Å²) in [6, 6.07) is 19.2. The van der Waals surface area contributed by atoms with E-state index in [0.29, 0.717) is 18.7 Å². The van der Waals surface area contributed by atoms with E-state index in [2.05, 4.69) is 34.0 Å². The maximum absolute atomic E-state index is 12.2. The number of imidazole rings is 1. The van der Waals surface area contributed by atoms with Crippen molar-refractivity contribution in [1.29, 1.82) is 0 Å². The lowest BCUT2D eigenvalue weighted by Crippen LogP contribution is -2.45. The van der Waals surface area contributed by atoms with Crippen molar-refractivity contribution < 1.29 is 9.53 Å². The lowest BCUT2D eigenvalue weighted by Gasteiger charge is -2.26. The second-order valence-corrected chi connectivity index (χ2v) is 8.22. The molecule has 1 amide bonds. The Morgan fingerprint density at radius 1 is 1.03 bits per heavy atom. The van der Waals surface area contributed by atoms with Crippen LogP contribution in [-0.4, -0.2) is 40.7 Å². The highest BCUT2D eigenvalue weighted by Gasteiger charge is 2.17. The van der Waals surface area contributed by atoms with Crippen molar-refractivity contribution >= 4 is 5.91 Å². The number of aromatic nitrogens is 2. The first-order valence-corrected chi connectivity index (χ1v) is 10.8. The maximum Gasteiger partial charge on any atom is 0.251 e. The molecule has 3 rings (SSSR count). The molecule has 0 spiro atoms. The zero-order valence-electron chi connectivity index (χ0n) is 18.4. The zero-order chi connectivity index (χ0) is 21.9. The number of benzene rings is 2. The molecule has 6 nitrogen and oxygen atoms in total. The van der Waals surface area contributed by atoms with Gasteiger partial charge in [0, 0.05) is 42.5 Å². The van der Waals surface area contributed by atoms with Crippen molar-refractivity contribution in [3.63, 3.8) is 0 Å². The summed E-state index contributed by atoms with van der Waals surface area (Å²) in [4.78, 5) is 16.4. The highest BCUT2D eigenvalue weighted by Crippen LogP contribution is 2.12. The van der Waals surface area contributed by atoms with Gasteiger partial charge >= 0.3 is 0 Å². The fraction of sp³-hybridized carbons (Fsp3) is 0.360. The number of amides is 1. The van der Waals surface area contributed by atoms with Crippen molar-refractivity contribution in [3.8, 4) is 5.75 Å². The van der Waals surface area contributed by atoms with Gasteiger partial charge in [-0.15, -0.1) is 0 Å². The number of carbonyl (C=O) groups excluding carboxylic acids is 1. The third-order valence-corrected chi connectivity index (χ3v) is 5.02. The van der Waals surface area contributed by atoms with Gasteiger partial charge in [-0.2, -0.15) is 0 Å². The van der Waals surface area contributed by atoms with Crippen molar-refractivity contribution in [2.24, 2.45) is 0 Å². The van der Waals surface area contributed by atoms with Gasteiger partial charge in [-0.1, -0.05) is 36.4 Å². The van der Waals surface area contributed by atoms with Crippen LogP contribution in [0.4, 0.5) is 0 Å². The van der Waals surface area contributed by atoms with Gasteiger partial charge in [-0.05, 0) is 51.1 Å². The zero-order valence-corrected chi connectivity index (χ0v) is 18.4. The van der Waals surface area contributed by atoms with Gasteiger partial charge in [0.05, 0.1) is 6.33 Å². The molecule has 3 aromatic rings. The molecule has 0 unspecified atom stereocenters. The molecule has 1 aromatic heterocycles. The second-order valence-electron chi connectivity index (χ2n) is 8.22. The van der Waals surface area contributed by atoms with E-state index < -0.39 is 0 Å². The van der Waals surface area contributed by atoms with Gasteiger partial charge in [0.25, 0.3) is 5.91 Å². The number of nitrogens with zero attached hydrogens (tertiary/aromatic N) is 2. The summed E-state index contributed by atoms with van der Waals surface area (Å²) in [5.74, 6) is 0.843. The van der Waals surface area contributed by atoms with E-state index >= 15 is 0 Å². The molecule has 0 aliphatic rings. The van der Waals surface area contributed by atoms with Crippen LogP contribution < -0.4 is 15.4 Å². The molecular formula is C25H32N4O2. The quantitative estimate of drug-likeness (QED) is 0.439. The molecule has 0 aliphatic carbocycles. The SMILES string of the molecule is CC(C)(COc1ccccc1)NCCCn1cncc1CCNC(=O)c1ccccc1. The molecule has 0 bridgehead atoms. The largest absolute Gasteiger partial charge is 0.492 e. The Hall–Kier alpha value is -3.12. The summed E-state index contributed by atoms with van der Waals surface area (Å²) in [5.41, 5.74) is 1.69. The molecule has 0 atom stereocenters. The van der Waals surface area contributed by atoms with Crippen LogP contribution in [0.5, 0.6) is 5.75 Å². The van der Waals surface area contributed by atoms with Crippen LogP contribution in [0.1, 0.15) is 36.3 Å². The van der Waals surface area contributed by atoms with Gasteiger partial charge in [-0.3, -0.25) is 4.79 Å².